The van der Waals surface area contributed by atoms with E-state index in [2.05, 4.69) is 38.1 Å². The Morgan fingerprint density at radius 3 is 2.04 bits per heavy atom. The average Bonchev–Trinajstić information content (AvgIpc) is 2.61. The van der Waals surface area contributed by atoms with Gasteiger partial charge < -0.3 is 0 Å². The fraction of sp³-hybridized carbons (Fsp3) is 0.760. The van der Waals surface area contributed by atoms with Crippen LogP contribution < -0.4 is 0 Å². The zero-order valence-corrected chi connectivity index (χ0v) is 16.8. The molecule has 0 heterocycles. The third-order valence-corrected chi connectivity index (χ3v) is 7.14. The smallest absolute Gasteiger partial charge is 0.0162 e. The first-order valence-corrected chi connectivity index (χ1v) is 11.4. The molecule has 0 aromatic heterocycles. The van der Waals surface area contributed by atoms with Crippen molar-refractivity contribution in [3.05, 3.63) is 35.4 Å². The summed E-state index contributed by atoms with van der Waals surface area (Å²) in [6.07, 6.45) is 18.6. The molecule has 1 aromatic carbocycles. The van der Waals surface area contributed by atoms with Crippen molar-refractivity contribution in [2.45, 2.75) is 103 Å². The van der Waals surface area contributed by atoms with E-state index in [0.717, 1.165) is 23.7 Å². The van der Waals surface area contributed by atoms with Crippen LogP contribution in [0, 0.1) is 17.8 Å². The highest BCUT2D eigenvalue weighted by atomic mass is 14.3. The maximum Gasteiger partial charge on any atom is -0.0162 e. The van der Waals surface area contributed by atoms with Gasteiger partial charge in [-0.3, -0.25) is 0 Å². The van der Waals surface area contributed by atoms with Gasteiger partial charge in [0.2, 0.25) is 0 Å². The molecule has 0 nitrogen and oxygen atoms in total. The molecule has 0 N–H and O–H groups in total. The molecular weight excluding hydrogens is 300 g/mol. The molecule has 2 saturated carbocycles. The lowest BCUT2D eigenvalue weighted by Crippen LogP contribution is -2.24. The van der Waals surface area contributed by atoms with Gasteiger partial charge >= 0.3 is 0 Å². The molecule has 25 heavy (non-hydrogen) atoms. The molecule has 0 bridgehead atoms. The van der Waals surface area contributed by atoms with Crippen LogP contribution in [0.3, 0.4) is 0 Å². The van der Waals surface area contributed by atoms with E-state index < -0.39 is 0 Å². The van der Waals surface area contributed by atoms with Crippen LogP contribution in [0.15, 0.2) is 24.3 Å². The highest BCUT2D eigenvalue weighted by Crippen LogP contribution is 2.40. The van der Waals surface area contributed by atoms with Gasteiger partial charge in [-0.25, -0.2) is 0 Å². The highest BCUT2D eigenvalue weighted by Gasteiger charge is 2.27. The van der Waals surface area contributed by atoms with E-state index in [-0.39, 0.29) is 0 Å². The number of hydrogen-bond donors (Lipinski definition) is 0. The quantitative estimate of drug-likeness (QED) is 0.428. The molecule has 0 spiro atoms. The van der Waals surface area contributed by atoms with Gasteiger partial charge in [0.1, 0.15) is 0 Å². The van der Waals surface area contributed by atoms with Crippen molar-refractivity contribution in [2.24, 2.45) is 17.8 Å². The number of hydrogen-bond acceptors (Lipinski definition) is 0. The maximum atomic E-state index is 2.45. The zero-order chi connectivity index (χ0) is 17.5. The molecule has 0 amide bonds. The maximum absolute atomic E-state index is 2.45. The second-order valence-electron chi connectivity index (χ2n) is 9.13. The van der Waals surface area contributed by atoms with Gasteiger partial charge in [0, 0.05) is 0 Å². The lowest BCUT2D eigenvalue weighted by atomic mass is 9.70. The topological polar surface area (TPSA) is 0 Å². The largest absolute Gasteiger partial charge is 0.0654 e. The van der Waals surface area contributed by atoms with E-state index in [0.29, 0.717) is 0 Å². The minimum atomic E-state index is 0.841. The predicted octanol–water partition coefficient (Wildman–Crippen LogP) is 7.91. The first-order chi connectivity index (χ1) is 12.3. The third-order valence-electron chi connectivity index (χ3n) is 7.14. The van der Waals surface area contributed by atoms with Gasteiger partial charge in [0.15, 0.2) is 0 Å². The van der Waals surface area contributed by atoms with E-state index in [1.807, 2.05) is 0 Å². The van der Waals surface area contributed by atoms with Gasteiger partial charge in [0.05, 0.1) is 0 Å². The third kappa shape index (κ3) is 5.60. The van der Waals surface area contributed by atoms with Gasteiger partial charge in [0.25, 0.3) is 0 Å². The van der Waals surface area contributed by atoms with Crippen molar-refractivity contribution in [3.8, 4) is 0 Å². The van der Waals surface area contributed by atoms with Crippen LogP contribution in [0.5, 0.6) is 0 Å². The second kappa shape index (κ2) is 9.79. The van der Waals surface area contributed by atoms with E-state index in [4.69, 9.17) is 0 Å². The summed E-state index contributed by atoms with van der Waals surface area (Å²) in [5, 5.41) is 0. The van der Waals surface area contributed by atoms with Crippen molar-refractivity contribution < 1.29 is 0 Å². The molecule has 0 unspecified atom stereocenters. The summed E-state index contributed by atoms with van der Waals surface area (Å²) < 4.78 is 0. The van der Waals surface area contributed by atoms with Crippen molar-refractivity contribution in [1.29, 1.82) is 0 Å². The Morgan fingerprint density at radius 1 is 0.720 bits per heavy atom. The predicted molar refractivity (Wildman–Crippen MR) is 110 cm³/mol. The Labute approximate surface area is 156 Å². The van der Waals surface area contributed by atoms with Crippen LogP contribution >= 0.6 is 0 Å². The minimum Gasteiger partial charge on any atom is -0.0654 e. The Morgan fingerprint density at radius 2 is 1.40 bits per heavy atom. The lowest BCUT2D eigenvalue weighted by molar-refractivity contribution is 0.168. The molecule has 0 heteroatoms. The summed E-state index contributed by atoms with van der Waals surface area (Å²) >= 11 is 0. The summed E-state index contributed by atoms with van der Waals surface area (Å²) in [4.78, 5) is 0. The normalized spacial score (nSPS) is 29.4. The summed E-state index contributed by atoms with van der Waals surface area (Å²) in [5.74, 6) is 3.95. The van der Waals surface area contributed by atoms with E-state index >= 15 is 0 Å². The molecule has 2 aliphatic rings. The molecule has 0 aliphatic heterocycles. The van der Waals surface area contributed by atoms with Crippen LogP contribution in [0.25, 0.3) is 0 Å². The number of benzene rings is 1. The van der Waals surface area contributed by atoms with Crippen molar-refractivity contribution in [3.63, 3.8) is 0 Å². The van der Waals surface area contributed by atoms with Crippen LogP contribution in [0.2, 0.25) is 0 Å². The Balaban J connectivity index is 1.37. The van der Waals surface area contributed by atoms with Crippen molar-refractivity contribution in [2.75, 3.05) is 0 Å². The molecule has 2 fully saturated rings. The average molecular weight is 341 g/mol. The number of aryl methyl sites for hydroxylation is 1. The van der Waals surface area contributed by atoms with Gasteiger partial charge in [-0.1, -0.05) is 70.2 Å². The Kier molecular flexibility index (Phi) is 7.44. The molecule has 0 atom stereocenters. The Bertz CT molecular complexity index is 471. The second-order valence-corrected chi connectivity index (χ2v) is 9.13. The zero-order valence-electron chi connectivity index (χ0n) is 16.8. The molecule has 0 saturated heterocycles. The summed E-state index contributed by atoms with van der Waals surface area (Å²) in [7, 11) is 0. The molecule has 0 radical (unpaired) electrons. The first kappa shape index (κ1) is 19.0. The van der Waals surface area contributed by atoms with Crippen LogP contribution in [0.4, 0.5) is 0 Å². The fourth-order valence-corrected chi connectivity index (χ4v) is 5.36. The van der Waals surface area contributed by atoms with E-state index in [9.17, 15) is 0 Å². The summed E-state index contributed by atoms with van der Waals surface area (Å²) in [6.45, 7) is 4.65. The van der Waals surface area contributed by atoms with Gasteiger partial charge in [-0.15, -0.1) is 0 Å². The van der Waals surface area contributed by atoms with Crippen molar-refractivity contribution >= 4 is 0 Å². The van der Waals surface area contributed by atoms with E-state index in [1.165, 1.54) is 83.5 Å². The van der Waals surface area contributed by atoms with Crippen LogP contribution in [-0.2, 0) is 6.42 Å². The standard InChI is InChI=1S/C25H40/c1-3-5-7-22-18-23(19-22)9-8-21-12-16-25(17-13-21)24-14-10-20(6-4-2)11-15-24/h12-13,16-17,20,22-24H,3-11,14-15,18-19H2,1-2H3. The molecule has 140 valence electrons. The molecule has 3 rings (SSSR count). The van der Waals surface area contributed by atoms with Gasteiger partial charge in [-0.05, 0) is 86.2 Å². The summed E-state index contributed by atoms with van der Waals surface area (Å²) in [6, 6.07) is 9.76. The molecule has 1 aromatic rings. The number of rotatable bonds is 9. The van der Waals surface area contributed by atoms with Gasteiger partial charge in [-0.2, -0.15) is 0 Å². The number of unbranched alkanes of at least 4 members (excludes halogenated alkanes) is 1. The SMILES string of the molecule is CCCCC1CC(CCc2ccc(C3CCC(CCC)CC3)cc2)C1. The van der Waals surface area contributed by atoms with Crippen LogP contribution in [0.1, 0.15) is 108 Å². The van der Waals surface area contributed by atoms with E-state index in [1.54, 1.807) is 11.1 Å². The highest BCUT2D eigenvalue weighted by molar-refractivity contribution is 5.26. The first-order valence-electron chi connectivity index (χ1n) is 11.4. The minimum absolute atomic E-state index is 0.841. The molecule has 2 aliphatic carbocycles. The lowest BCUT2D eigenvalue weighted by Gasteiger charge is -2.35. The van der Waals surface area contributed by atoms with Crippen LogP contribution in [-0.4, -0.2) is 0 Å². The monoisotopic (exact) mass is 340 g/mol. The van der Waals surface area contributed by atoms with Crippen molar-refractivity contribution in [1.82, 2.24) is 0 Å². The summed E-state index contributed by atoms with van der Waals surface area (Å²) in [5.41, 5.74) is 3.18. The molecular formula is C25H40. The fourth-order valence-electron chi connectivity index (χ4n) is 5.36. The Hall–Kier alpha value is -0.780.